The van der Waals surface area contributed by atoms with E-state index in [0.29, 0.717) is 10.9 Å². The van der Waals surface area contributed by atoms with Gasteiger partial charge in [-0.3, -0.25) is 5.41 Å². The fourth-order valence-electron chi connectivity index (χ4n) is 3.95. The number of benzene rings is 4. The second kappa shape index (κ2) is 13.4. The molecule has 0 bridgehead atoms. The molecule has 5 nitrogen and oxygen atoms in total. The van der Waals surface area contributed by atoms with Gasteiger partial charge in [0.1, 0.15) is 11.6 Å². The quantitative estimate of drug-likeness (QED) is 0.144. The Morgan fingerprint density at radius 1 is 0.895 bits per heavy atom. The number of nitrogens with zero attached hydrogens (tertiary/aromatic N) is 1. The first-order valence-electron chi connectivity index (χ1n) is 11.9. The van der Waals surface area contributed by atoms with Crippen molar-refractivity contribution in [3.63, 3.8) is 0 Å². The summed E-state index contributed by atoms with van der Waals surface area (Å²) in [5.41, 5.74) is 0.439. The molecule has 0 aliphatic rings. The molecular formula is C29H31ClF2N2O3Si. The maximum Gasteiger partial charge on any atom is 0.215 e. The van der Waals surface area contributed by atoms with Crippen LogP contribution in [0.5, 0.6) is 0 Å². The van der Waals surface area contributed by atoms with Gasteiger partial charge in [0, 0.05) is 11.1 Å². The van der Waals surface area contributed by atoms with E-state index in [1.54, 1.807) is 31.2 Å². The Hall–Kier alpha value is -3.35. The van der Waals surface area contributed by atoms with Crippen LogP contribution >= 0.6 is 12.4 Å². The predicted molar refractivity (Wildman–Crippen MR) is 152 cm³/mol. The van der Waals surface area contributed by atoms with E-state index in [1.165, 1.54) is 12.1 Å². The minimum Gasteiger partial charge on any atom is -0.479 e. The fourth-order valence-corrected chi connectivity index (χ4v) is 4.83. The number of nitrogens with one attached hydrogen (secondary N) is 1. The lowest BCUT2D eigenvalue weighted by atomic mass is 9.99. The van der Waals surface area contributed by atoms with Gasteiger partial charge in [-0.2, -0.15) is 5.26 Å². The highest BCUT2D eigenvalue weighted by molar-refractivity contribution is 6.69. The van der Waals surface area contributed by atoms with Crippen LogP contribution in [-0.4, -0.2) is 25.9 Å². The van der Waals surface area contributed by atoms with Gasteiger partial charge in [-0.25, -0.2) is 8.78 Å². The first kappa shape index (κ1) is 30.9. The topological polar surface area (TPSA) is 86.3 Å². The van der Waals surface area contributed by atoms with E-state index in [9.17, 15) is 19.1 Å². The van der Waals surface area contributed by atoms with Crippen molar-refractivity contribution in [2.45, 2.75) is 38.8 Å². The number of ether oxygens (including phenoxy) is 1. The number of halogens is 3. The van der Waals surface area contributed by atoms with Crippen LogP contribution in [0.3, 0.4) is 0 Å². The molecule has 0 aromatic heterocycles. The zero-order chi connectivity index (χ0) is 27.2. The van der Waals surface area contributed by atoms with Crippen molar-refractivity contribution in [3.05, 3.63) is 95.6 Å². The molecule has 0 aliphatic heterocycles. The smallest absolute Gasteiger partial charge is 0.215 e. The molecule has 2 N–H and O–H groups in total. The zero-order valence-electron chi connectivity index (χ0n) is 21.7. The lowest BCUT2D eigenvalue weighted by molar-refractivity contribution is 0.188. The Morgan fingerprint density at radius 2 is 1.37 bits per heavy atom. The van der Waals surface area contributed by atoms with Gasteiger partial charge >= 0.3 is 0 Å². The van der Waals surface area contributed by atoms with E-state index in [-0.39, 0.29) is 36.3 Å². The second-order valence-corrected chi connectivity index (χ2v) is 13.8. The molecule has 0 aliphatic carbocycles. The summed E-state index contributed by atoms with van der Waals surface area (Å²) >= 11 is 0. The normalized spacial score (nSPS) is 12.5. The molecule has 38 heavy (non-hydrogen) atoms. The van der Waals surface area contributed by atoms with Crippen LogP contribution in [0.15, 0.2) is 72.8 Å². The number of hydrogen-bond donors (Lipinski definition) is 2. The average molecular weight is 557 g/mol. The lowest BCUT2D eigenvalue weighted by Crippen LogP contribution is -2.28. The third-order valence-corrected chi connectivity index (χ3v) is 6.45. The van der Waals surface area contributed by atoms with Crippen LogP contribution in [0.4, 0.5) is 8.78 Å². The molecule has 9 heteroatoms. The molecule has 0 saturated carbocycles. The van der Waals surface area contributed by atoms with Crippen LogP contribution in [0.2, 0.25) is 19.6 Å². The first-order chi connectivity index (χ1) is 17.6. The summed E-state index contributed by atoms with van der Waals surface area (Å²) in [6, 6.07) is 22.7. The van der Waals surface area contributed by atoms with Gasteiger partial charge in [-0.1, -0.05) is 60.7 Å². The molecule has 4 aromatic rings. The summed E-state index contributed by atoms with van der Waals surface area (Å²) in [5, 5.41) is 29.9. The van der Waals surface area contributed by atoms with Crippen molar-refractivity contribution in [2.75, 3.05) is 6.61 Å². The Morgan fingerprint density at radius 3 is 1.84 bits per heavy atom. The summed E-state index contributed by atoms with van der Waals surface area (Å²) in [6.07, 6.45) is -2.23. The second-order valence-electron chi connectivity index (χ2n) is 9.30. The molecule has 0 saturated heterocycles. The monoisotopic (exact) mass is 556 g/mol. The van der Waals surface area contributed by atoms with Gasteiger partial charge in [0.2, 0.25) is 5.90 Å². The van der Waals surface area contributed by atoms with Gasteiger partial charge in [-0.15, -0.1) is 12.4 Å². The van der Waals surface area contributed by atoms with Crippen LogP contribution in [0.25, 0.3) is 21.5 Å². The summed E-state index contributed by atoms with van der Waals surface area (Å²) in [6.45, 7) is 7.93. The van der Waals surface area contributed by atoms with Crippen molar-refractivity contribution >= 4 is 48.2 Å². The number of fused-ring (bicyclic) bond motifs is 2. The molecule has 4 aromatic carbocycles. The maximum atomic E-state index is 14.1. The molecule has 4 rings (SSSR count). The van der Waals surface area contributed by atoms with Crippen LogP contribution < -0.4 is 0 Å². The van der Waals surface area contributed by atoms with E-state index >= 15 is 0 Å². The third-order valence-electron chi connectivity index (χ3n) is 5.51. The summed E-state index contributed by atoms with van der Waals surface area (Å²) < 4.78 is 38.7. The van der Waals surface area contributed by atoms with Crippen molar-refractivity contribution in [1.82, 2.24) is 0 Å². The maximum absolute atomic E-state index is 14.1. The lowest BCUT2D eigenvalue weighted by Gasteiger charge is -2.23. The highest BCUT2D eigenvalue weighted by atomic mass is 35.5. The molecular weight excluding hydrogens is 526 g/mol. The van der Waals surface area contributed by atoms with E-state index in [4.69, 9.17) is 14.6 Å². The fraction of sp³-hybridized carbons (Fsp3) is 0.241. The van der Waals surface area contributed by atoms with Gasteiger partial charge in [-0.05, 0) is 60.2 Å². The van der Waals surface area contributed by atoms with Crippen molar-refractivity contribution in [3.8, 4) is 6.07 Å². The highest BCUT2D eigenvalue weighted by Crippen LogP contribution is 2.31. The Labute approximate surface area is 228 Å². The van der Waals surface area contributed by atoms with Crippen molar-refractivity contribution < 1.29 is 23.1 Å². The van der Waals surface area contributed by atoms with Gasteiger partial charge in [0.25, 0.3) is 0 Å². The van der Waals surface area contributed by atoms with Crippen molar-refractivity contribution in [2.24, 2.45) is 0 Å². The summed E-state index contributed by atoms with van der Waals surface area (Å²) in [5.74, 6) is -1.26. The predicted octanol–water partition coefficient (Wildman–Crippen LogP) is 7.84. The number of aliphatic hydroxyl groups excluding tert-OH is 1. The van der Waals surface area contributed by atoms with Gasteiger partial charge in [0.15, 0.2) is 20.5 Å². The summed E-state index contributed by atoms with van der Waals surface area (Å²) in [7, 11) is -1.92. The van der Waals surface area contributed by atoms with Gasteiger partial charge in [0.05, 0.1) is 12.7 Å². The van der Waals surface area contributed by atoms with E-state index in [2.05, 4.69) is 6.07 Å². The number of nitriles is 1. The molecule has 0 spiro atoms. The Balaban J connectivity index is 0.000000260. The molecule has 0 radical (unpaired) electrons. The van der Waals surface area contributed by atoms with E-state index in [0.717, 1.165) is 16.2 Å². The SMILES string of the molecule is CCOC(=N)C(O)c1c(F)ccc2ccccc12.C[Si](C)(C)OC(C#N)c1c(F)ccc2ccccc12.Cl. The Bertz CT molecular complexity index is 1450. The van der Waals surface area contributed by atoms with Crippen molar-refractivity contribution in [1.29, 1.82) is 10.7 Å². The van der Waals surface area contributed by atoms with Gasteiger partial charge < -0.3 is 14.3 Å². The standard InChI is InChI=1S/C15H16FNOSi.C14H14FNO2.ClH/c1-19(2,3)18-14(10-17)15-12-7-5-4-6-11(12)8-9-13(15)16;1-2-18-14(16)13(17)12-10-6-4-3-5-9(10)7-8-11(12)15;/h4-9,14H,1-3H3;3-8,13,16-17H,2H2,1H3;1H. The zero-order valence-corrected chi connectivity index (χ0v) is 23.5. The van der Waals surface area contributed by atoms with Crippen LogP contribution in [0, 0.1) is 28.4 Å². The average Bonchev–Trinajstić information content (AvgIpc) is 2.87. The van der Waals surface area contributed by atoms with E-state index in [1.807, 2.05) is 56.0 Å². The minimum atomic E-state index is -1.92. The molecule has 2 atom stereocenters. The summed E-state index contributed by atoms with van der Waals surface area (Å²) in [4.78, 5) is 0. The first-order valence-corrected chi connectivity index (χ1v) is 15.3. The molecule has 0 heterocycles. The molecule has 200 valence electrons. The minimum absolute atomic E-state index is 0. The number of rotatable bonds is 6. The largest absolute Gasteiger partial charge is 0.479 e. The highest BCUT2D eigenvalue weighted by Gasteiger charge is 2.26. The number of hydrogen-bond acceptors (Lipinski definition) is 5. The Kier molecular flexibility index (Phi) is 10.9. The van der Waals surface area contributed by atoms with Crippen LogP contribution in [0.1, 0.15) is 30.3 Å². The molecule has 0 amide bonds. The molecule has 0 fully saturated rings. The third kappa shape index (κ3) is 7.36. The molecule has 2 unspecified atom stereocenters. The van der Waals surface area contributed by atoms with Crippen LogP contribution in [-0.2, 0) is 9.16 Å². The number of aliphatic hydroxyl groups is 1. The van der Waals surface area contributed by atoms with E-state index < -0.39 is 26.3 Å².